The van der Waals surface area contributed by atoms with E-state index in [0.717, 1.165) is 6.92 Å². The number of carboxylic acids is 1. The Morgan fingerprint density at radius 2 is 1.37 bits per heavy atom. The van der Waals surface area contributed by atoms with E-state index in [1.54, 1.807) is 0 Å². The third-order valence-corrected chi connectivity index (χ3v) is 10.7. The van der Waals surface area contributed by atoms with Gasteiger partial charge in [-0.3, -0.25) is 9.59 Å². The highest BCUT2D eigenvalue weighted by Gasteiger charge is 2.58. The first kappa shape index (κ1) is 49.1. The molecule has 3 aliphatic rings. The summed E-state index contributed by atoms with van der Waals surface area (Å²) in [4.78, 5) is 37.0. The Morgan fingerprint density at radius 1 is 0.772 bits per heavy atom. The van der Waals surface area contributed by atoms with Crippen molar-refractivity contribution in [2.45, 2.75) is 163 Å². The van der Waals surface area contributed by atoms with E-state index in [0.29, 0.717) is 0 Å². The second kappa shape index (κ2) is 21.3. The topological polar surface area (TPSA) is 384 Å². The number of hydrogen-bond donors (Lipinski definition) is 15. The number of rotatable bonds is 19. The van der Waals surface area contributed by atoms with Crippen molar-refractivity contribution in [2.75, 3.05) is 19.8 Å². The summed E-state index contributed by atoms with van der Waals surface area (Å²) in [5, 5.41) is 142. The fraction of sp³-hybridized carbons (Fsp3) is 0.912. The van der Waals surface area contributed by atoms with Crippen molar-refractivity contribution in [3.8, 4) is 0 Å². The van der Waals surface area contributed by atoms with Crippen molar-refractivity contribution in [1.29, 1.82) is 0 Å². The first-order valence-electron chi connectivity index (χ1n) is 18.6. The highest BCUT2D eigenvalue weighted by atomic mass is 16.8. The second-order valence-electron chi connectivity index (χ2n) is 15.2. The lowest BCUT2D eigenvalue weighted by atomic mass is 9.67. The summed E-state index contributed by atoms with van der Waals surface area (Å²) in [6.45, 7) is 2.64. The van der Waals surface area contributed by atoms with E-state index < -0.39 is 179 Å². The molecule has 2 saturated heterocycles. The zero-order valence-electron chi connectivity index (χ0n) is 32.0. The predicted molar refractivity (Wildman–Crippen MR) is 186 cm³/mol. The Hall–Kier alpha value is -2.27. The Balaban J connectivity index is 2.03. The van der Waals surface area contributed by atoms with Crippen molar-refractivity contribution < 1.29 is 104 Å². The molecule has 3 rings (SSSR count). The van der Waals surface area contributed by atoms with E-state index in [1.165, 1.54) is 20.8 Å². The lowest BCUT2D eigenvalue weighted by Gasteiger charge is -2.50. The first-order chi connectivity index (χ1) is 26.6. The summed E-state index contributed by atoms with van der Waals surface area (Å²) in [6.07, 6.45) is -28.9. The van der Waals surface area contributed by atoms with E-state index in [-0.39, 0.29) is 6.42 Å². The summed E-state index contributed by atoms with van der Waals surface area (Å²) < 4.78 is 28.8. The van der Waals surface area contributed by atoms with Crippen LogP contribution in [0.15, 0.2) is 0 Å². The molecule has 1 saturated carbocycles. The molecule has 0 bridgehead atoms. The predicted octanol–water partition coefficient (Wildman–Crippen LogP) is -6.92. The van der Waals surface area contributed by atoms with Gasteiger partial charge in [0.25, 0.3) is 0 Å². The molecule has 15 N–H and O–H groups in total. The van der Waals surface area contributed by atoms with Crippen molar-refractivity contribution in [1.82, 2.24) is 10.6 Å². The highest BCUT2D eigenvalue weighted by molar-refractivity contribution is 5.78. The van der Waals surface area contributed by atoms with Gasteiger partial charge in [0, 0.05) is 45.3 Å². The number of amides is 2. The van der Waals surface area contributed by atoms with Crippen LogP contribution in [0.3, 0.4) is 0 Å². The number of aliphatic hydroxyl groups is 12. The maximum Gasteiger partial charge on any atom is 0.336 e. The zero-order chi connectivity index (χ0) is 43.1. The van der Waals surface area contributed by atoms with Gasteiger partial charge in [-0.1, -0.05) is 0 Å². The maximum atomic E-state index is 13.0. The number of aliphatic carboxylic acids is 1. The number of nitrogens with one attached hydrogen (secondary N) is 2. The molecular formula is C34H60N2O21. The van der Waals surface area contributed by atoms with Crippen LogP contribution in [-0.2, 0) is 38.1 Å². The largest absolute Gasteiger partial charge is 0.479 e. The van der Waals surface area contributed by atoms with Crippen molar-refractivity contribution in [3.63, 3.8) is 0 Å². The van der Waals surface area contributed by atoms with Gasteiger partial charge in [-0.2, -0.15) is 0 Å². The summed E-state index contributed by atoms with van der Waals surface area (Å²) >= 11 is 0. The van der Waals surface area contributed by atoms with Crippen LogP contribution in [0, 0.1) is 11.8 Å². The normalized spacial score (nSPS) is 39.3. The minimum absolute atomic E-state index is 0.254. The summed E-state index contributed by atoms with van der Waals surface area (Å²) in [5.74, 6) is -5.56. The zero-order valence-corrected chi connectivity index (χ0v) is 32.0. The third-order valence-electron chi connectivity index (χ3n) is 10.7. The molecule has 2 heterocycles. The van der Waals surface area contributed by atoms with Crippen molar-refractivity contribution >= 4 is 17.8 Å². The molecule has 0 spiro atoms. The van der Waals surface area contributed by atoms with Crippen LogP contribution in [-0.4, -0.2) is 214 Å². The molecule has 0 radical (unpaired) electrons. The standard InChI is InChI=1S/C34H60N2O21/c1-12(35-14(3)40)5-21(22(6-16(42)9-37)55-31-26(47)25(46)24(45)13(2)53-31)54-32-28(49)29(27(48)30(50)56-32)57-34(33(51)52)7-17(18(10-38)20(44)11-39)23(19(43)8-34)36-15(4)41/h12-13,16-32,37-39,42-50H,5-11H2,1-4H3,(H,35,40)(H,36,41)(H,51,52)/t12-,13?,16-,17?,18-,19-,20+,21-,22-,23-,24+,25+,26-,27+,28+,29-,30-,31-,32+,34?/m0/s1. The first-order valence-corrected chi connectivity index (χ1v) is 18.6. The van der Waals surface area contributed by atoms with Crippen LogP contribution < -0.4 is 10.6 Å². The average molecular weight is 833 g/mol. The second-order valence-corrected chi connectivity index (χ2v) is 15.2. The van der Waals surface area contributed by atoms with Crippen LogP contribution in [0.4, 0.5) is 0 Å². The average Bonchev–Trinajstić information content (AvgIpc) is 3.13. The van der Waals surface area contributed by atoms with E-state index in [9.17, 15) is 80.8 Å². The molecule has 3 fully saturated rings. The molecule has 3 unspecified atom stereocenters. The number of carbonyl (C=O) groups excluding carboxylic acids is 2. The quantitative estimate of drug-likeness (QED) is 0.0575. The monoisotopic (exact) mass is 832 g/mol. The molecular weight excluding hydrogens is 772 g/mol. The molecule has 57 heavy (non-hydrogen) atoms. The summed E-state index contributed by atoms with van der Waals surface area (Å²) in [5.41, 5.74) is -2.57. The Kier molecular flexibility index (Phi) is 18.4. The van der Waals surface area contributed by atoms with Gasteiger partial charge < -0.3 is 101 Å². The number of aliphatic hydroxyl groups excluding tert-OH is 12. The lowest BCUT2D eigenvalue weighted by Crippen LogP contribution is -2.67. The molecule has 332 valence electrons. The molecule has 2 aliphatic heterocycles. The molecule has 23 heteroatoms. The van der Waals surface area contributed by atoms with Crippen LogP contribution in [0.25, 0.3) is 0 Å². The van der Waals surface area contributed by atoms with E-state index in [4.69, 9.17) is 23.7 Å². The molecule has 0 aromatic heterocycles. The molecule has 23 nitrogen and oxygen atoms in total. The third kappa shape index (κ3) is 12.2. The van der Waals surface area contributed by atoms with Gasteiger partial charge in [0.15, 0.2) is 24.5 Å². The van der Waals surface area contributed by atoms with Crippen molar-refractivity contribution in [3.05, 3.63) is 0 Å². The van der Waals surface area contributed by atoms with E-state index in [1.807, 2.05) is 0 Å². The Morgan fingerprint density at radius 3 is 1.89 bits per heavy atom. The van der Waals surface area contributed by atoms with E-state index >= 15 is 0 Å². The minimum atomic E-state index is -2.57. The highest BCUT2D eigenvalue weighted by Crippen LogP contribution is 2.43. The number of carboxylic acid groups (broad SMARTS) is 1. The molecule has 1 aliphatic carbocycles. The van der Waals surface area contributed by atoms with Gasteiger partial charge in [-0.25, -0.2) is 4.79 Å². The van der Waals surface area contributed by atoms with Gasteiger partial charge in [0.2, 0.25) is 11.8 Å². The molecule has 20 atom stereocenters. The fourth-order valence-electron chi connectivity index (χ4n) is 7.68. The van der Waals surface area contributed by atoms with Gasteiger partial charge >= 0.3 is 5.97 Å². The van der Waals surface area contributed by atoms with Gasteiger partial charge in [0.1, 0.15) is 36.6 Å². The fourth-order valence-corrected chi connectivity index (χ4v) is 7.68. The Labute approximate surface area is 327 Å². The number of carbonyl (C=O) groups is 3. The van der Waals surface area contributed by atoms with Gasteiger partial charge in [-0.15, -0.1) is 0 Å². The molecule has 2 amide bonds. The Bertz CT molecular complexity index is 1300. The van der Waals surface area contributed by atoms with Crippen LogP contribution >= 0.6 is 0 Å². The summed E-state index contributed by atoms with van der Waals surface area (Å²) in [7, 11) is 0. The molecule has 0 aromatic carbocycles. The smallest absolute Gasteiger partial charge is 0.336 e. The number of ether oxygens (including phenoxy) is 5. The van der Waals surface area contributed by atoms with Crippen LogP contribution in [0.1, 0.15) is 53.4 Å². The number of hydrogen-bond acceptors (Lipinski definition) is 20. The minimum Gasteiger partial charge on any atom is -0.479 e. The van der Waals surface area contributed by atoms with Crippen LogP contribution in [0.2, 0.25) is 0 Å². The summed E-state index contributed by atoms with van der Waals surface area (Å²) in [6, 6.07) is -2.06. The van der Waals surface area contributed by atoms with Crippen LogP contribution in [0.5, 0.6) is 0 Å². The van der Waals surface area contributed by atoms with E-state index in [2.05, 4.69) is 10.6 Å². The van der Waals surface area contributed by atoms with Gasteiger partial charge in [0.05, 0.1) is 55.9 Å². The maximum absolute atomic E-state index is 13.0. The van der Waals surface area contributed by atoms with Crippen molar-refractivity contribution in [2.24, 2.45) is 11.8 Å². The van der Waals surface area contributed by atoms with Gasteiger partial charge in [-0.05, 0) is 32.6 Å². The molecule has 0 aromatic rings. The lowest BCUT2D eigenvalue weighted by molar-refractivity contribution is -0.373. The SMILES string of the molecule is CC(=O)N[C@@H](C)C[C@H](O[C@@H]1O[C@H](O)[C@H](O)[C@H](OC2(C(=O)O)CC([C@H](CO)[C@H](O)CO)[C@H](NC(C)=O)[C@@H](O)C2)[C@H]1O)[C@H](C[C@H](O)CO)O[C@@H]1OC(C)[C@@H](O)[C@@H](O)[C@@H]1O.